The van der Waals surface area contributed by atoms with Crippen molar-refractivity contribution in [2.45, 2.75) is 39.2 Å². The summed E-state index contributed by atoms with van der Waals surface area (Å²) in [7, 11) is 0. The highest BCUT2D eigenvalue weighted by Gasteiger charge is 2.24. The van der Waals surface area contributed by atoms with Crippen LogP contribution in [0.4, 0.5) is 5.82 Å². The zero-order valence-corrected chi connectivity index (χ0v) is 9.75. The average Bonchev–Trinajstić information content (AvgIpc) is 2.71. The number of hydrogen-bond acceptors (Lipinski definition) is 3. The zero-order valence-electron chi connectivity index (χ0n) is 9.75. The van der Waals surface area contributed by atoms with Gasteiger partial charge in [0.15, 0.2) is 5.82 Å². The molecular weight excluding hydrogens is 188 g/mol. The molecule has 4 nitrogen and oxygen atoms in total. The number of rotatable bonds is 2. The van der Waals surface area contributed by atoms with Crippen molar-refractivity contribution < 1.29 is 0 Å². The molecule has 2 heterocycles. The first-order chi connectivity index (χ1) is 7.09. The summed E-state index contributed by atoms with van der Waals surface area (Å²) in [5.41, 5.74) is 8.42. The van der Waals surface area contributed by atoms with Gasteiger partial charge in [0.1, 0.15) is 0 Å². The van der Waals surface area contributed by atoms with Gasteiger partial charge in [0.25, 0.3) is 0 Å². The van der Waals surface area contributed by atoms with Gasteiger partial charge in [-0.05, 0) is 19.3 Å². The monoisotopic (exact) mass is 208 g/mol. The summed E-state index contributed by atoms with van der Waals surface area (Å²) in [5.74, 6) is 1.59. The Morgan fingerprint density at radius 3 is 2.73 bits per heavy atom. The van der Waals surface area contributed by atoms with Crippen molar-refractivity contribution in [3.63, 3.8) is 0 Å². The van der Waals surface area contributed by atoms with Gasteiger partial charge in [-0.2, -0.15) is 5.10 Å². The third-order valence-electron chi connectivity index (χ3n) is 3.12. The van der Waals surface area contributed by atoms with Gasteiger partial charge in [0.05, 0.1) is 0 Å². The summed E-state index contributed by atoms with van der Waals surface area (Å²) in [6.45, 7) is 8.46. The van der Waals surface area contributed by atoms with E-state index in [0.717, 1.165) is 25.3 Å². The molecule has 2 rings (SSSR count). The van der Waals surface area contributed by atoms with Crippen LogP contribution in [-0.2, 0) is 0 Å². The van der Waals surface area contributed by atoms with Crippen LogP contribution in [0.2, 0.25) is 0 Å². The second-order valence-corrected chi connectivity index (χ2v) is 4.74. The van der Waals surface area contributed by atoms with Gasteiger partial charge < -0.3 is 10.6 Å². The maximum atomic E-state index is 5.90. The third-order valence-corrected chi connectivity index (χ3v) is 3.12. The number of hydrogen-bond donors (Lipinski definition) is 2. The fourth-order valence-electron chi connectivity index (χ4n) is 2.25. The predicted molar refractivity (Wildman–Crippen MR) is 62.2 cm³/mol. The number of H-pyrrole nitrogens is 1. The molecule has 1 aliphatic heterocycles. The highest BCUT2D eigenvalue weighted by Crippen LogP contribution is 2.27. The van der Waals surface area contributed by atoms with Crippen molar-refractivity contribution in [2.24, 2.45) is 5.73 Å². The van der Waals surface area contributed by atoms with E-state index in [1.165, 1.54) is 11.3 Å². The minimum Gasteiger partial charge on any atom is -0.353 e. The molecule has 0 aliphatic carbocycles. The maximum absolute atomic E-state index is 5.90. The van der Waals surface area contributed by atoms with E-state index < -0.39 is 0 Å². The van der Waals surface area contributed by atoms with E-state index in [-0.39, 0.29) is 0 Å². The molecule has 1 aliphatic rings. The number of nitrogens with two attached hydrogens (primary N) is 1. The lowest BCUT2D eigenvalue weighted by molar-refractivity contribution is 0.751. The lowest BCUT2D eigenvalue weighted by Crippen LogP contribution is -2.26. The fraction of sp³-hybridized carbons (Fsp3) is 0.727. The Balaban J connectivity index is 2.22. The van der Waals surface area contributed by atoms with Gasteiger partial charge >= 0.3 is 0 Å². The van der Waals surface area contributed by atoms with Crippen LogP contribution in [0.5, 0.6) is 0 Å². The second-order valence-electron chi connectivity index (χ2n) is 4.74. The topological polar surface area (TPSA) is 57.9 Å². The minimum absolute atomic E-state index is 0.309. The van der Waals surface area contributed by atoms with E-state index in [1.807, 2.05) is 0 Å². The molecule has 1 saturated heterocycles. The van der Waals surface area contributed by atoms with Crippen LogP contribution in [-0.4, -0.2) is 29.3 Å². The third kappa shape index (κ3) is 1.86. The Labute approximate surface area is 90.8 Å². The summed E-state index contributed by atoms with van der Waals surface area (Å²) in [6, 6.07) is 0.309. The molecule has 0 saturated carbocycles. The van der Waals surface area contributed by atoms with Gasteiger partial charge in [-0.25, -0.2) is 0 Å². The Morgan fingerprint density at radius 2 is 2.27 bits per heavy atom. The van der Waals surface area contributed by atoms with Crippen molar-refractivity contribution in [1.82, 2.24) is 10.2 Å². The normalized spacial score (nSPS) is 21.7. The Hall–Kier alpha value is -1.03. The molecule has 1 unspecified atom stereocenters. The van der Waals surface area contributed by atoms with Gasteiger partial charge in [-0.3, -0.25) is 5.10 Å². The molecule has 4 heteroatoms. The van der Waals surface area contributed by atoms with Crippen molar-refractivity contribution in [3.05, 3.63) is 11.3 Å². The van der Waals surface area contributed by atoms with Crippen LogP contribution in [0.3, 0.4) is 0 Å². The first-order valence-corrected chi connectivity index (χ1v) is 5.65. The van der Waals surface area contributed by atoms with E-state index in [2.05, 4.69) is 35.9 Å². The Bertz CT molecular complexity index is 342. The largest absolute Gasteiger partial charge is 0.353 e. The predicted octanol–water partition coefficient (Wildman–Crippen LogP) is 1.38. The van der Waals surface area contributed by atoms with Gasteiger partial charge in [0.2, 0.25) is 0 Å². The maximum Gasteiger partial charge on any atom is 0.153 e. The standard InChI is InChI=1S/C11H20N4/c1-7(2)10-8(3)11(14-13-10)15-5-4-9(12)6-15/h7,9H,4-6,12H2,1-3H3,(H,13,14). The lowest BCUT2D eigenvalue weighted by atomic mass is 10.1. The summed E-state index contributed by atoms with van der Waals surface area (Å²) in [6.07, 6.45) is 1.07. The molecule has 0 aromatic carbocycles. The van der Waals surface area contributed by atoms with Crippen LogP contribution >= 0.6 is 0 Å². The Kier molecular flexibility index (Phi) is 2.69. The second kappa shape index (κ2) is 3.85. The van der Waals surface area contributed by atoms with Crippen LogP contribution in [0.1, 0.15) is 37.4 Å². The van der Waals surface area contributed by atoms with Crippen LogP contribution < -0.4 is 10.6 Å². The molecule has 1 atom stereocenters. The Morgan fingerprint density at radius 1 is 1.53 bits per heavy atom. The summed E-state index contributed by atoms with van der Waals surface area (Å²) < 4.78 is 0. The van der Waals surface area contributed by atoms with Crippen LogP contribution in [0.15, 0.2) is 0 Å². The van der Waals surface area contributed by atoms with Gasteiger partial charge in [-0.1, -0.05) is 13.8 Å². The number of aromatic amines is 1. The molecule has 0 radical (unpaired) electrons. The van der Waals surface area contributed by atoms with Crippen molar-refractivity contribution in [3.8, 4) is 0 Å². The van der Waals surface area contributed by atoms with Crippen LogP contribution in [0.25, 0.3) is 0 Å². The molecule has 0 bridgehead atoms. The van der Waals surface area contributed by atoms with Crippen LogP contribution in [0, 0.1) is 6.92 Å². The quantitative estimate of drug-likeness (QED) is 0.772. The smallest absolute Gasteiger partial charge is 0.153 e. The van der Waals surface area contributed by atoms with E-state index in [9.17, 15) is 0 Å². The lowest BCUT2D eigenvalue weighted by Gasteiger charge is -2.15. The molecule has 1 aromatic heterocycles. The summed E-state index contributed by atoms with van der Waals surface area (Å²) in [4.78, 5) is 2.28. The number of aromatic nitrogens is 2. The van der Waals surface area contributed by atoms with E-state index >= 15 is 0 Å². The number of nitrogens with one attached hydrogen (secondary N) is 1. The van der Waals surface area contributed by atoms with Crippen molar-refractivity contribution >= 4 is 5.82 Å². The molecule has 15 heavy (non-hydrogen) atoms. The SMILES string of the molecule is Cc1c(N2CCC(N)C2)n[nH]c1C(C)C. The molecular formula is C11H20N4. The number of anilines is 1. The molecule has 1 fully saturated rings. The highest BCUT2D eigenvalue weighted by atomic mass is 15.3. The van der Waals surface area contributed by atoms with Crippen molar-refractivity contribution in [2.75, 3.05) is 18.0 Å². The van der Waals surface area contributed by atoms with E-state index in [1.54, 1.807) is 0 Å². The molecule has 0 amide bonds. The minimum atomic E-state index is 0.309. The van der Waals surface area contributed by atoms with Gasteiger partial charge in [0, 0.05) is 30.4 Å². The number of nitrogens with zero attached hydrogens (tertiary/aromatic N) is 2. The highest BCUT2D eigenvalue weighted by molar-refractivity contribution is 5.50. The van der Waals surface area contributed by atoms with Gasteiger partial charge in [-0.15, -0.1) is 0 Å². The van der Waals surface area contributed by atoms with E-state index in [0.29, 0.717) is 12.0 Å². The zero-order chi connectivity index (χ0) is 11.0. The summed E-state index contributed by atoms with van der Waals surface area (Å²) >= 11 is 0. The molecule has 1 aromatic rings. The van der Waals surface area contributed by atoms with Crippen molar-refractivity contribution in [1.29, 1.82) is 0 Å². The first-order valence-electron chi connectivity index (χ1n) is 5.65. The summed E-state index contributed by atoms with van der Waals surface area (Å²) in [5, 5.41) is 7.53. The fourth-order valence-corrected chi connectivity index (χ4v) is 2.25. The molecule has 84 valence electrons. The molecule has 3 N–H and O–H groups in total. The molecule has 0 spiro atoms. The average molecular weight is 208 g/mol. The van der Waals surface area contributed by atoms with E-state index in [4.69, 9.17) is 5.73 Å². The first kappa shape index (κ1) is 10.5.